The van der Waals surface area contributed by atoms with E-state index < -0.39 is 23.5 Å². The molecule has 4 heterocycles. The number of carbonyl (C=O) groups is 1. The number of hydrogen-bond donors (Lipinski definition) is 2. The Labute approximate surface area is 262 Å². The summed E-state index contributed by atoms with van der Waals surface area (Å²) in [5, 5.41) is 12.1. The van der Waals surface area contributed by atoms with Gasteiger partial charge in [0.25, 0.3) is 0 Å². The van der Waals surface area contributed by atoms with Crippen LogP contribution in [0, 0.1) is 12.7 Å². The maximum Gasteiger partial charge on any atom is 0.416 e. The van der Waals surface area contributed by atoms with Crippen molar-refractivity contribution in [2.45, 2.75) is 59.3 Å². The van der Waals surface area contributed by atoms with Crippen molar-refractivity contribution >= 4 is 45.7 Å². The Bertz CT molecular complexity index is 1480. The number of halogens is 5. The Morgan fingerprint density at radius 1 is 1.14 bits per heavy atom. The van der Waals surface area contributed by atoms with Crippen molar-refractivity contribution in [2.75, 3.05) is 49.5 Å². The van der Waals surface area contributed by atoms with Gasteiger partial charge in [-0.15, -0.1) is 0 Å². The number of aliphatic carboxylic acids is 1. The number of hydrogen-bond acceptors (Lipinski definition) is 9. The number of piperazine rings is 1. The normalized spacial score (nSPS) is 18.0. The van der Waals surface area contributed by atoms with Crippen molar-refractivity contribution in [1.82, 2.24) is 24.8 Å². The molecule has 2 saturated heterocycles. The van der Waals surface area contributed by atoms with Gasteiger partial charge in [-0.1, -0.05) is 30.4 Å². The molecule has 9 nitrogen and oxygen atoms in total. The number of carboxylic acids is 1. The van der Waals surface area contributed by atoms with Crippen molar-refractivity contribution in [3.63, 3.8) is 0 Å². The highest BCUT2D eigenvalue weighted by Gasteiger charge is 2.32. The summed E-state index contributed by atoms with van der Waals surface area (Å²) >= 11 is 7.35. The van der Waals surface area contributed by atoms with E-state index in [-0.39, 0.29) is 41.2 Å². The number of thiazole rings is 1. The van der Waals surface area contributed by atoms with Gasteiger partial charge in [0.2, 0.25) is 5.82 Å². The summed E-state index contributed by atoms with van der Waals surface area (Å²) in [6.45, 7) is 7.56. The highest BCUT2D eigenvalue weighted by Crippen LogP contribution is 2.39. The molecule has 44 heavy (non-hydrogen) atoms. The molecular weight excluding hydrogens is 622 g/mol. The fraction of sp³-hybridized carbons (Fsp3) is 0.517. The Balaban J connectivity index is 0.00000442. The van der Waals surface area contributed by atoms with Gasteiger partial charge >= 0.3 is 12.1 Å². The molecule has 1 aromatic carbocycles. The predicted molar refractivity (Wildman–Crippen MR) is 164 cm³/mol. The lowest BCUT2D eigenvalue weighted by atomic mass is 10.1. The predicted octanol–water partition coefficient (Wildman–Crippen LogP) is 6.68. The molecule has 5 rings (SSSR count). The van der Waals surface area contributed by atoms with E-state index in [1.54, 1.807) is 11.8 Å². The highest BCUT2D eigenvalue weighted by atomic mass is 35.5. The first-order chi connectivity index (χ1) is 20.4. The standard InChI is InChI=1S/C28H32ClF4N7O2S.CH4/c1-16-4-3-6-40(16)15-21-24(18-12-19(28(31,32)33)14-20(29)13-18)36-27(43-21)37-25-23(30)26(35-17(2)34-25)39-10-8-38(9-11-39)7-5-22(41)42;/h12-14,16H,3-11,15H2,1-2H3,(H,41,42)(H,34,35,36,37);1H4/t16-;/m1./s1. The van der Waals surface area contributed by atoms with Gasteiger partial charge in [-0.3, -0.25) is 14.6 Å². The van der Waals surface area contributed by atoms with Gasteiger partial charge in [0, 0.05) is 60.8 Å². The summed E-state index contributed by atoms with van der Waals surface area (Å²) in [4.78, 5) is 30.9. The third-order valence-corrected chi connectivity index (χ3v) is 8.89. The fourth-order valence-corrected chi connectivity index (χ4v) is 6.66. The van der Waals surface area contributed by atoms with Crippen LogP contribution in [0.15, 0.2) is 18.2 Å². The average molecular weight is 658 g/mol. The molecule has 2 aromatic heterocycles. The number of benzene rings is 1. The Kier molecular flexibility index (Phi) is 10.7. The molecule has 15 heteroatoms. The lowest BCUT2D eigenvalue weighted by Gasteiger charge is -2.35. The first-order valence-corrected chi connectivity index (χ1v) is 15.2. The Hall–Kier alpha value is -3.07. The molecule has 0 saturated carbocycles. The van der Waals surface area contributed by atoms with Crippen LogP contribution in [-0.4, -0.2) is 81.1 Å². The van der Waals surface area contributed by atoms with E-state index in [2.05, 4.69) is 32.1 Å². The molecule has 0 amide bonds. The molecule has 240 valence electrons. The van der Waals surface area contributed by atoms with Crippen molar-refractivity contribution in [2.24, 2.45) is 0 Å². The van der Waals surface area contributed by atoms with E-state index in [1.807, 2.05) is 4.90 Å². The second kappa shape index (κ2) is 13.9. The lowest BCUT2D eigenvalue weighted by molar-refractivity contribution is -0.138. The van der Waals surface area contributed by atoms with Crippen LogP contribution in [0.2, 0.25) is 5.02 Å². The number of aryl methyl sites for hydroxylation is 1. The van der Waals surface area contributed by atoms with Crippen LogP contribution in [0.5, 0.6) is 0 Å². The van der Waals surface area contributed by atoms with Gasteiger partial charge in [-0.05, 0) is 51.4 Å². The van der Waals surface area contributed by atoms with Crippen LogP contribution in [0.3, 0.4) is 0 Å². The second-order valence-corrected chi connectivity index (χ2v) is 12.4. The SMILES string of the molecule is C.Cc1nc(Nc2nc(-c3cc(Cl)cc(C(F)(F)F)c3)c(CN3CCC[C@H]3C)s2)c(F)c(N2CCN(CCC(=O)O)CC2)n1. The zero-order valence-corrected chi connectivity index (χ0v) is 25.3. The summed E-state index contributed by atoms with van der Waals surface area (Å²) < 4.78 is 56.7. The Morgan fingerprint density at radius 2 is 1.86 bits per heavy atom. The molecule has 0 radical (unpaired) electrons. The van der Waals surface area contributed by atoms with Crippen molar-refractivity contribution in [3.8, 4) is 11.3 Å². The maximum absolute atomic E-state index is 15.8. The first-order valence-electron chi connectivity index (χ1n) is 14.0. The molecule has 0 aliphatic carbocycles. The molecule has 0 bridgehead atoms. The minimum atomic E-state index is -4.58. The first kappa shape index (κ1) is 33.8. The summed E-state index contributed by atoms with van der Waals surface area (Å²) in [6, 6.07) is 3.68. The number of nitrogens with one attached hydrogen (secondary N) is 1. The zero-order valence-electron chi connectivity index (χ0n) is 23.7. The lowest BCUT2D eigenvalue weighted by Crippen LogP contribution is -2.47. The van der Waals surface area contributed by atoms with E-state index in [0.29, 0.717) is 56.8 Å². The fourth-order valence-electron chi connectivity index (χ4n) is 5.41. The molecule has 2 aliphatic rings. The minimum Gasteiger partial charge on any atom is -0.481 e. The molecule has 0 unspecified atom stereocenters. The van der Waals surface area contributed by atoms with Gasteiger partial charge in [0.1, 0.15) is 5.82 Å². The van der Waals surface area contributed by atoms with E-state index in [9.17, 15) is 18.0 Å². The molecule has 0 spiro atoms. The number of anilines is 3. The summed E-state index contributed by atoms with van der Waals surface area (Å²) in [5.41, 5.74) is -0.293. The largest absolute Gasteiger partial charge is 0.481 e. The van der Waals surface area contributed by atoms with E-state index in [4.69, 9.17) is 16.7 Å². The van der Waals surface area contributed by atoms with Crippen molar-refractivity contribution in [3.05, 3.63) is 45.3 Å². The monoisotopic (exact) mass is 657 g/mol. The van der Waals surface area contributed by atoms with Crippen LogP contribution >= 0.6 is 22.9 Å². The molecule has 2 N–H and O–H groups in total. The van der Waals surface area contributed by atoms with Crippen molar-refractivity contribution < 1.29 is 27.5 Å². The quantitative estimate of drug-likeness (QED) is 0.244. The highest BCUT2D eigenvalue weighted by molar-refractivity contribution is 7.16. The zero-order chi connectivity index (χ0) is 30.9. The van der Waals surface area contributed by atoms with Gasteiger partial charge in [-0.25, -0.2) is 15.0 Å². The number of likely N-dealkylation sites (tertiary alicyclic amines) is 1. The van der Waals surface area contributed by atoms with Crippen molar-refractivity contribution in [1.29, 1.82) is 0 Å². The second-order valence-electron chi connectivity index (χ2n) is 10.8. The summed E-state index contributed by atoms with van der Waals surface area (Å²) in [6.07, 6.45) is -2.50. The molecule has 2 aliphatic heterocycles. The minimum absolute atomic E-state index is 0. The Morgan fingerprint density at radius 3 is 2.50 bits per heavy atom. The van der Waals surface area contributed by atoms with Crippen LogP contribution in [-0.2, 0) is 17.5 Å². The van der Waals surface area contributed by atoms with E-state index in [1.165, 1.54) is 17.4 Å². The van der Waals surface area contributed by atoms with E-state index >= 15 is 4.39 Å². The average Bonchev–Trinajstić information content (AvgIpc) is 3.54. The van der Waals surface area contributed by atoms with Crippen LogP contribution in [0.4, 0.5) is 34.3 Å². The number of nitrogens with zero attached hydrogens (tertiary/aromatic N) is 6. The van der Waals surface area contributed by atoms with E-state index in [0.717, 1.165) is 36.4 Å². The molecular formula is C29H36ClF4N7O2S. The van der Waals surface area contributed by atoms with Gasteiger partial charge in [0.15, 0.2) is 16.8 Å². The number of alkyl halides is 3. The third kappa shape index (κ3) is 7.95. The summed E-state index contributed by atoms with van der Waals surface area (Å²) in [5.74, 6) is -1.16. The third-order valence-electron chi connectivity index (χ3n) is 7.72. The van der Waals surface area contributed by atoms with Crippen LogP contribution in [0.25, 0.3) is 11.3 Å². The van der Waals surface area contributed by atoms with Gasteiger partial charge in [-0.2, -0.15) is 17.6 Å². The molecule has 3 aromatic rings. The number of carboxylic acid groups (broad SMARTS) is 1. The smallest absolute Gasteiger partial charge is 0.416 e. The maximum atomic E-state index is 15.8. The van der Waals surface area contributed by atoms with Crippen LogP contribution in [0.1, 0.15) is 49.9 Å². The number of aromatic nitrogens is 3. The summed E-state index contributed by atoms with van der Waals surface area (Å²) in [7, 11) is 0. The topological polar surface area (TPSA) is 97.7 Å². The number of rotatable bonds is 9. The van der Waals surface area contributed by atoms with Crippen LogP contribution < -0.4 is 10.2 Å². The molecule has 1 atom stereocenters. The van der Waals surface area contributed by atoms with Gasteiger partial charge < -0.3 is 15.3 Å². The van der Waals surface area contributed by atoms with Gasteiger partial charge in [0.05, 0.1) is 17.7 Å². The molecule has 2 fully saturated rings.